The summed E-state index contributed by atoms with van der Waals surface area (Å²) in [5.41, 5.74) is 6.51. The summed E-state index contributed by atoms with van der Waals surface area (Å²) < 4.78 is 0. The fraction of sp³-hybridized carbons (Fsp3) is 0.222. The molecule has 5 heteroatoms. The zero-order chi connectivity index (χ0) is 10.3. The monoisotopic (exact) mass is 194 g/mol. The molecule has 1 heterocycles. The third-order valence-corrected chi connectivity index (χ3v) is 2.27. The summed E-state index contributed by atoms with van der Waals surface area (Å²) in [6, 6.07) is 2.41. The third kappa shape index (κ3) is 1.18. The molecule has 5 N–H and O–H groups in total. The van der Waals surface area contributed by atoms with Gasteiger partial charge in [-0.15, -0.1) is 0 Å². The Labute approximate surface area is 80.2 Å². The number of phenols is 2. The Morgan fingerprint density at radius 1 is 1.43 bits per heavy atom. The van der Waals surface area contributed by atoms with Gasteiger partial charge in [0.15, 0.2) is 11.5 Å². The third-order valence-electron chi connectivity index (χ3n) is 2.27. The highest BCUT2D eigenvalue weighted by atomic mass is 16.3. The summed E-state index contributed by atoms with van der Waals surface area (Å²) in [5, 5.41) is 21.1. The van der Waals surface area contributed by atoms with Crippen LogP contribution in [0.25, 0.3) is 0 Å². The smallest absolute Gasteiger partial charge is 0.241 e. The standard InChI is InChI=1S/C9H10N2O3/c10-5-3-4-1-2-6(12)8(13)7(4)11-9(5)14/h1-2,5,12-13H,3,10H2,(H,11,14). The molecule has 1 aliphatic heterocycles. The van der Waals surface area contributed by atoms with Crippen molar-refractivity contribution in [1.29, 1.82) is 0 Å². The maximum Gasteiger partial charge on any atom is 0.241 e. The van der Waals surface area contributed by atoms with Gasteiger partial charge in [-0.1, -0.05) is 6.07 Å². The molecule has 5 nitrogen and oxygen atoms in total. The van der Waals surface area contributed by atoms with Gasteiger partial charge < -0.3 is 21.3 Å². The molecule has 0 saturated heterocycles. The van der Waals surface area contributed by atoms with Crippen LogP contribution in [0.4, 0.5) is 5.69 Å². The van der Waals surface area contributed by atoms with E-state index in [0.717, 1.165) is 5.56 Å². The van der Waals surface area contributed by atoms with E-state index in [1.54, 1.807) is 6.07 Å². The van der Waals surface area contributed by atoms with Crippen LogP contribution >= 0.6 is 0 Å². The number of carbonyl (C=O) groups is 1. The van der Waals surface area contributed by atoms with E-state index < -0.39 is 6.04 Å². The number of hydrogen-bond acceptors (Lipinski definition) is 4. The number of anilines is 1. The zero-order valence-corrected chi connectivity index (χ0v) is 7.32. The normalized spacial score (nSPS) is 20.1. The lowest BCUT2D eigenvalue weighted by atomic mass is 9.99. The summed E-state index contributed by atoms with van der Waals surface area (Å²) in [6.07, 6.45) is 0.370. The molecule has 14 heavy (non-hydrogen) atoms. The van der Waals surface area contributed by atoms with Crippen LogP contribution in [0.1, 0.15) is 5.56 Å². The second-order valence-corrected chi connectivity index (χ2v) is 3.27. The maximum atomic E-state index is 11.2. The number of nitrogens with two attached hydrogens (primary N) is 1. The zero-order valence-electron chi connectivity index (χ0n) is 7.32. The van der Waals surface area contributed by atoms with Gasteiger partial charge >= 0.3 is 0 Å². The van der Waals surface area contributed by atoms with Gasteiger partial charge in [-0.3, -0.25) is 4.79 Å². The number of carbonyl (C=O) groups excluding carboxylic acids is 1. The highest BCUT2D eigenvalue weighted by molar-refractivity contribution is 5.99. The van der Waals surface area contributed by atoms with Gasteiger partial charge in [0.1, 0.15) is 0 Å². The molecule has 0 bridgehead atoms. The summed E-state index contributed by atoms with van der Waals surface area (Å²) in [6.45, 7) is 0. The second kappa shape index (κ2) is 2.88. The average Bonchev–Trinajstić information content (AvgIpc) is 2.15. The van der Waals surface area contributed by atoms with Crippen LogP contribution in [-0.2, 0) is 11.2 Å². The van der Waals surface area contributed by atoms with Crippen LogP contribution in [-0.4, -0.2) is 22.2 Å². The van der Waals surface area contributed by atoms with E-state index in [1.165, 1.54) is 6.07 Å². The molecule has 1 aromatic carbocycles. The maximum absolute atomic E-state index is 11.2. The van der Waals surface area contributed by atoms with Crippen molar-refractivity contribution in [2.24, 2.45) is 5.73 Å². The Morgan fingerprint density at radius 2 is 2.14 bits per heavy atom. The van der Waals surface area contributed by atoms with Crippen LogP contribution in [0.3, 0.4) is 0 Å². The number of fused-ring (bicyclic) bond motifs is 1. The Morgan fingerprint density at radius 3 is 2.86 bits per heavy atom. The van der Waals surface area contributed by atoms with Crippen molar-refractivity contribution in [2.75, 3.05) is 5.32 Å². The predicted molar refractivity (Wildman–Crippen MR) is 50.1 cm³/mol. The van der Waals surface area contributed by atoms with Crippen molar-refractivity contribution in [3.8, 4) is 11.5 Å². The van der Waals surface area contributed by atoms with Crippen LogP contribution in [0.5, 0.6) is 11.5 Å². The second-order valence-electron chi connectivity index (χ2n) is 3.27. The fourth-order valence-electron chi connectivity index (χ4n) is 1.48. The number of amides is 1. The first-order valence-electron chi connectivity index (χ1n) is 4.20. The van der Waals surface area contributed by atoms with Gasteiger partial charge in [0.2, 0.25) is 5.91 Å². The highest BCUT2D eigenvalue weighted by Gasteiger charge is 2.25. The van der Waals surface area contributed by atoms with Crippen molar-refractivity contribution >= 4 is 11.6 Å². The molecular weight excluding hydrogens is 184 g/mol. The predicted octanol–water partition coefficient (Wildman–Crippen LogP) is -0.0803. The lowest BCUT2D eigenvalue weighted by molar-refractivity contribution is -0.117. The molecule has 1 unspecified atom stereocenters. The summed E-state index contributed by atoms with van der Waals surface area (Å²) in [4.78, 5) is 11.2. The molecule has 74 valence electrons. The van der Waals surface area contributed by atoms with E-state index in [0.29, 0.717) is 6.42 Å². The number of aromatic hydroxyl groups is 2. The van der Waals surface area contributed by atoms with Crippen molar-refractivity contribution in [3.63, 3.8) is 0 Å². The van der Waals surface area contributed by atoms with E-state index in [-0.39, 0.29) is 23.1 Å². The quantitative estimate of drug-likeness (QED) is 0.434. The lowest BCUT2D eigenvalue weighted by Crippen LogP contribution is -2.41. The van der Waals surface area contributed by atoms with Crippen LogP contribution in [0.2, 0.25) is 0 Å². The van der Waals surface area contributed by atoms with Gasteiger partial charge in [0.25, 0.3) is 0 Å². The number of benzene rings is 1. The first kappa shape index (κ1) is 8.83. The molecule has 0 spiro atoms. The molecule has 2 rings (SSSR count). The Bertz CT molecular complexity index is 403. The molecule has 0 fully saturated rings. The van der Waals surface area contributed by atoms with Crippen molar-refractivity contribution in [1.82, 2.24) is 0 Å². The molecule has 1 atom stereocenters. The molecule has 1 amide bonds. The summed E-state index contributed by atoms with van der Waals surface area (Å²) >= 11 is 0. The van der Waals surface area contributed by atoms with Gasteiger partial charge in [-0.2, -0.15) is 0 Å². The number of nitrogens with one attached hydrogen (secondary N) is 1. The van der Waals surface area contributed by atoms with E-state index in [1.807, 2.05) is 0 Å². The number of phenolic OH excluding ortho intramolecular Hbond substituents is 2. The number of rotatable bonds is 0. The van der Waals surface area contributed by atoms with Crippen molar-refractivity contribution in [3.05, 3.63) is 17.7 Å². The number of hydrogen-bond donors (Lipinski definition) is 4. The summed E-state index contributed by atoms with van der Waals surface area (Å²) in [7, 11) is 0. The van der Waals surface area contributed by atoms with E-state index >= 15 is 0 Å². The molecule has 0 aliphatic carbocycles. The highest BCUT2D eigenvalue weighted by Crippen LogP contribution is 2.38. The largest absolute Gasteiger partial charge is 0.504 e. The van der Waals surface area contributed by atoms with Crippen LogP contribution < -0.4 is 11.1 Å². The Balaban J connectivity index is 2.52. The molecule has 0 saturated carbocycles. The van der Waals surface area contributed by atoms with Gasteiger partial charge in [-0.05, 0) is 18.1 Å². The van der Waals surface area contributed by atoms with Crippen LogP contribution in [0.15, 0.2) is 12.1 Å². The minimum absolute atomic E-state index is 0.250. The molecule has 0 aromatic heterocycles. The minimum Gasteiger partial charge on any atom is -0.504 e. The van der Waals surface area contributed by atoms with Gasteiger partial charge in [-0.25, -0.2) is 0 Å². The van der Waals surface area contributed by atoms with Gasteiger partial charge in [0.05, 0.1) is 11.7 Å². The van der Waals surface area contributed by atoms with E-state index in [2.05, 4.69) is 5.32 Å². The molecule has 0 radical (unpaired) electrons. The fourth-order valence-corrected chi connectivity index (χ4v) is 1.48. The van der Waals surface area contributed by atoms with Crippen molar-refractivity contribution in [2.45, 2.75) is 12.5 Å². The van der Waals surface area contributed by atoms with Crippen molar-refractivity contribution < 1.29 is 15.0 Å². The first-order valence-corrected chi connectivity index (χ1v) is 4.20. The van der Waals surface area contributed by atoms with Crippen LogP contribution in [0, 0.1) is 0 Å². The lowest BCUT2D eigenvalue weighted by Gasteiger charge is -2.22. The average molecular weight is 194 g/mol. The van der Waals surface area contributed by atoms with E-state index in [4.69, 9.17) is 5.73 Å². The van der Waals surface area contributed by atoms with Gasteiger partial charge in [0, 0.05) is 0 Å². The Kier molecular flexibility index (Phi) is 1.82. The summed E-state index contributed by atoms with van der Waals surface area (Å²) in [5.74, 6) is -0.902. The SMILES string of the molecule is NC1Cc2ccc(O)c(O)c2NC1=O. The molecule has 1 aliphatic rings. The minimum atomic E-state index is -0.591. The van der Waals surface area contributed by atoms with E-state index in [9.17, 15) is 15.0 Å². The Hall–Kier alpha value is -1.75. The molecule has 1 aromatic rings. The first-order chi connectivity index (χ1) is 6.59. The molecular formula is C9H10N2O3. The topological polar surface area (TPSA) is 95.6 Å².